The molecule has 0 atom stereocenters. The van der Waals surface area contributed by atoms with Crippen molar-refractivity contribution >= 4 is 39.8 Å². The second kappa shape index (κ2) is 8.04. The van der Waals surface area contributed by atoms with Crippen LogP contribution in [0.3, 0.4) is 0 Å². The van der Waals surface area contributed by atoms with Gasteiger partial charge in [0.25, 0.3) is 0 Å². The van der Waals surface area contributed by atoms with Crippen molar-refractivity contribution in [2.75, 3.05) is 32.4 Å². The van der Waals surface area contributed by atoms with E-state index < -0.39 is 14.6 Å². The number of nitrogens with zero attached hydrogens (tertiary/aromatic N) is 2. The number of nitrogens with one attached hydrogen (secondary N) is 1. The van der Waals surface area contributed by atoms with Gasteiger partial charge in [-0.25, -0.2) is 8.42 Å². The second-order valence-corrected chi connectivity index (χ2v) is 10.6. The monoisotopic (exact) mass is 491 g/mol. The van der Waals surface area contributed by atoms with Crippen LogP contribution in [0.25, 0.3) is 0 Å². The lowest BCUT2D eigenvalue weighted by atomic mass is 9.64. The highest BCUT2D eigenvalue weighted by molar-refractivity contribution is 14.0. The molecule has 0 unspecified atom stereocenters. The van der Waals surface area contributed by atoms with Gasteiger partial charge in [0.1, 0.15) is 0 Å². The van der Waals surface area contributed by atoms with E-state index in [-0.39, 0.29) is 35.1 Å². The number of guanidine groups is 1. The smallest absolute Gasteiger partial charge is 0.193 e. The summed E-state index contributed by atoms with van der Waals surface area (Å²) in [5.74, 6) is 0.995. The lowest BCUT2D eigenvalue weighted by Gasteiger charge is -2.44. The summed E-state index contributed by atoms with van der Waals surface area (Å²) >= 11 is 0. The standard InChI is InChI=1S/C19H29N3O2S.HI/c1-18(2)15-22(12-13-25(18,23)24)17(20-3)21-14-19(10-7-11-19)16-8-5-4-6-9-16;/h4-6,8-9H,7,10-15H2,1-3H3,(H,20,21);1H. The fourth-order valence-corrected chi connectivity index (χ4v) is 5.23. The third kappa shape index (κ3) is 4.03. The van der Waals surface area contributed by atoms with Crippen molar-refractivity contribution in [3.63, 3.8) is 0 Å². The Balaban J connectivity index is 0.00000243. The van der Waals surface area contributed by atoms with Gasteiger partial charge in [0.2, 0.25) is 0 Å². The van der Waals surface area contributed by atoms with E-state index in [9.17, 15) is 8.42 Å². The Morgan fingerprint density at radius 2 is 1.88 bits per heavy atom. The SMILES string of the molecule is CN=C(NCC1(c2ccccc2)CCC1)N1CCS(=O)(=O)C(C)(C)C1.I. The number of halogens is 1. The fourth-order valence-electron chi connectivity index (χ4n) is 3.87. The van der Waals surface area contributed by atoms with Gasteiger partial charge in [-0.15, -0.1) is 24.0 Å². The van der Waals surface area contributed by atoms with Crippen molar-refractivity contribution in [3.05, 3.63) is 35.9 Å². The van der Waals surface area contributed by atoms with Crippen molar-refractivity contribution in [1.29, 1.82) is 0 Å². The van der Waals surface area contributed by atoms with Gasteiger partial charge in [-0.1, -0.05) is 36.8 Å². The molecule has 1 N–H and O–H groups in total. The fraction of sp³-hybridized carbons (Fsp3) is 0.632. The molecule has 0 radical (unpaired) electrons. The maximum Gasteiger partial charge on any atom is 0.193 e. The molecule has 26 heavy (non-hydrogen) atoms. The Hall–Kier alpha value is -0.830. The van der Waals surface area contributed by atoms with E-state index in [0.717, 1.165) is 12.5 Å². The second-order valence-electron chi connectivity index (χ2n) is 7.90. The minimum atomic E-state index is -3.04. The zero-order valence-corrected chi connectivity index (χ0v) is 19.0. The van der Waals surface area contributed by atoms with Crippen molar-refractivity contribution in [1.82, 2.24) is 10.2 Å². The molecule has 1 aliphatic carbocycles. The minimum Gasteiger partial charge on any atom is -0.355 e. The summed E-state index contributed by atoms with van der Waals surface area (Å²) in [6, 6.07) is 10.7. The van der Waals surface area contributed by atoms with Crippen LogP contribution < -0.4 is 5.32 Å². The van der Waals surface area contributed by atoms with Crippen LogP contribution in [0.2, 0.25) is 0 Å². The molecule has 1 saturated carbocycles. The molecule has 146 valence electrons. The highest BCUT2D eigenvalue weighted by atomic mass is 127. The van der Waals surface area contributed by atoms with Crippen LogP contribution >= 0.6 is 24.0 Å². The van der Waals surface area contributed by atoms with E-state index in [1.165, 1.54) is 24.8 Å². The first-order chi connectivity index (χ1) is 11.8. The van der Waals surface area contributed by atoms with E-state index in [0.29, 0.717) is 13.1 Å². The Bertz CT molecular complexity index is 743. The van der Waals surface area contributed by atoms with Crippen molar-refractivity contribution in [3.8, 4) is 0 Å². The van der Waals surface area contributed by atoms with Crippen LogP contribution in [0.4, 0.5) is 0 Å². The molecule has 1 aromatic carbocycles. The molecule has 2 fully saturated rings. The third-order valence-corrected chi connectivity index (χ3v) is 8.37. The summed E-state index contributed by atoms with van der Waals surface area (Å²) < 4.78 is 23.7. The molecule has 7 heteroatoms. The quantitative estimate of drug-likeness (QED) is 0.402. The molecule has 0 bridgehead atoms. The van der Waals surface area contributed by atoms with Gasteiger partial charge in [-0.3, -0.25) is 4.99 Å². The lowest BCUT2D eigenvalue weighted by molar-refractivity contribution is 0.239. The number of benzene rings is 1. The van der Waals surface area contributed by atoms with E-state index in [1.807, 2.05) is 0 Å². The number of rotatable bonds is 3. The topological polar surface area (TPSA) is 61.8 Å². The van der Waals surface area contributed by atoms with Gasteiger partial charge in [0.15, 0.2) is 15.8 Å². The van der Waals surface area contributed by atoms with Crippen LogP contribution in [0.15, 0.2) is 35.3 Å². The van der Waals surface area contributed by atoms with Crippen LogP contribution in [0.5, 0.6) is 0 Å². The summed E-state index contributed by atoms with van der Waals surface area (Å²) in [6.07, 6.45) is 3.62. The minimum absolute atomic E-state index is 0. The molecular formula is C19H30IN3O2S. The highest BCUT2D eigenvalue weighted by Crippen LogP contribution is 2.43. The summed E-state index contributed by atoms with van der Waals surface area (Å²) in [5.41, 5.74) is 1.56. The number of aliphatic imine (C=N–C) groups is 1. The average Bonchev–Trinajstić information content (AvgIpc) is 2.54. The van der Waals surface area contributed by atoms with Gasteiger partial charge in [-0.05, 0) is 32.3 Å². The van der Waals surface area contributed by atoms with Crippen molar-refractivity contribution < 1.29 is 8.42 Å². The van der Waals surface area contributed by atoms with Crippen molar-refractivity contribution in [2.45, 2.75) is 43.3 Å². The summed E-state index contributed by atoms with van der Waals surface area (Å²) in [5, 5.41) is 3.53. The van der Waals surface area contributed by atoms with Crippen molar-refractivity contribution in [2.24, 2.45) is 4.99 Å². The summed E-state index contributed by atoms with van der Waals surface area (Å²) in [6.45, 7) is 5.43. The molecular weight excluding hydrogens is 461 g/mol. The highest BCUT2D eigenvalue weighted by Gasteiger charge is 2.42. The Morgan fingerprint density at radius 1 is 1.23 bits per heavy atom. The largest absolute Gasteiger partial charge is 0.355 e. The van der Waals surface area contributed by atoms with Crippen LogP contribution in [0, 0.1) is 0 Å². The van der Waals surface area contributed by atoms with Gasteiger partial charge >= 0.3 is 0 Å². The molecule has 1 saturated heterocycles. The summed E-state index contributed by atoms with van der Waals surface area (Å²) in [7, 11) is -1.27. The third-order valence-electron chi connectivity index (χ3n) is 5.84. The zero-order valence-electron chi connectivity index (χ0n) is 15.9. The predicted molar refractivity (Wildman–Crippen MR) is 118 cm³/mol. The van der Waals surface area contributed by atoms with E-state index in [1.54, 1.807) is 20.9 Å². The predicted octanol–water partition coefficient (Wildman–Crippen LogP) is 2.81. The first-order valence-corrected chi connectivity index (χ1v) is 10.7. The van der Waals surface area contributed by atoms with Crippen LogP contribution in [-0.2, 0) is 15.3 Å². The number of sulfone groups is 1. The number of hydrogen-bond acceptors (Lipinski definition) is 3. The Kier molecular flexibility index (Phi) is 6.64. The molecule has 5 nitrogen and oxygen atoms in total. The van der Waals surface area contributed by atoms with Crippen LogP contribution in [0.1, 0.15) is 38.7 Å². The Morgan fingerprint density at radius 3 is 2.38 bits per heavy atom. The molecule has 0 aromatic heterocycles. The molecule has 2 aliphatic rings. The zero-order chi connectivity index (χ0) is 18.1. The first-order valence-electron chi connectivity index (χ1n) is 9.03. The molecule has 3 rings (SSSR count). The van der Waals surface area contributed by atoms with Gasteiger partial charge < -0.3 is 10.2 Å². The van der Waals surface area contributed by atoms with E-state index in [2.05, 4.69) is 45.5 Å². The number of hydrogen-bond donors (Lipinski definition) is 1. The molecule has 1 aromatic rings. The molecule has 0 amide bonds. The van der Waals surface area contributed by atoms with Gasteiger partial charge in [0, 0.05) is 32.1 Å². The van der Waals surface area contributed by atoms with E-state index >= 15 is 0 Å². The van der Waals surface area contributed by atoms with Gasteiger partial charge in [0.05, 0.1) is 10.5 Å². The van der Waals surface area contributed by atoms with E-state index in [4.69, 9.17) is 0 Å². The normalized spacial score (nSPS) is 23.5. The Labute approximate surface area is 174 Å². The maximum atomic E-state index is 12.2. The molecule has 1 heterocycles. The maximum absolute atomic E-state index is 12.2. The molecule has 1 aliphatic heterocycles. The average molecular weight is 491 g/mol. The van der Waals surface area contributed by atoms with Crippen LogP contribution in [-0.4, -0.2) is 56.5 Å². The summed E-state index contributed by atoms with van der Waals surface area (Å²) in [4.78, 5) is 6.50. The molecule has 0 spiro atoms. The lowest BCUT2D eigenvalue weighted by Crippen LogP contribution is -2.58. The van der Waals surface area contributed by atoms with Gasteiger partial charge in [-0.2, -0.15) is 0 Å². The first kappa shape index (κ1) is 21.5.